The Hall–Kier alpha value is -1.18. The lowest BCUT2D eigenvalue weighted by atomic mass is 10.2. The number of benzene rings is 1. The minimum Gasteiger partial charge on any atom is -0.409 e. The topological polar surface area (TPSA) is 71.1 Å². The molecule has 0 aromatic heterocycles. The summed E-state index contributed by atoms with van der Waals surface area (Å²) in [5, 5.41) is 11.6. The van der Waals surface area contributed by atoms with Crippen molar-refractivity contribution in [2.24, 2.45) is 10.9 Å². The zero-order chi connectivity index (χ0) is 13.8. The fraction of sp³-hybridized carbons (Fsp3) is 0.417. The Kier molecular flexibility index (Phi) is 4.73. The van der Waals surface area contributed by atoms with Gasteiger partial charge in [-0.1, -0.05) is 21.1 Å². The van der Waals surface area contributed by atoms with Crippen molar-refractivity contribution in [3.05, 3.63) is 34.1 Å². The van der Waals surface area contributed by atoms with Gasteiger partial charge in [0.1, 0.15) is 11.9 Å². The van der Waals surface area contributed by atoms with Gasteiger partial charge in [-0.3, -0.25) is 4.90 Å². The standard InChI is InChI=1S/C12H15BrFN3O2/c13-10-2-1-9(14)5-8(10)6-17-3-4-19-11(7-17)12(15)16-18/h1-2,5,11,18H,3-4,6-7H2,(H2,15,16). The van der Waals surface area contributed by atoms with Gasteiger partial charge in [0.25, 0.3) is 0 Å². The predicted molar refractivity (Wildman–Crippen MR) is 72.5 cm³/mol. The second-order valence-electron chi connectivity index (χ2n) is 4.36. The van der Waals surface area contributed by atoms with Crippen LogP contribution in [0, 0.1) is 5.82 Å². The van der Waals surface area contributed by atoms with E-state index in [4.69, 9.17) is 15.7 Å². The summed E-state index contributed by atoms with van der Waals surface area (Å²) >= 11 is 3.40. The first-order valence-corrected chi connectivity index (χ1v) is 6.64. The van der Waals surface area contributed by atoms with Crippen molar-refractivity contribution in [2.45, 2.75) is 12.6 Å². The molecule has 0 radical (unpaired) electrons. The summed E-state index contributed by atoms with van der Waals surface area (Å²) in [6.07, 6.45) is -0.425. The Morgan fingerprint density at radius 1 is 1.63 bits per heavy atom. The molecule has 2 rings (SSSR count). The molecule has 5 nitrogen and oxygen atoms in total. The summed E-state index contributed by atoms with van der Waals surface area (Å²) in [5.74, 6) is -0.206. The highest BCUT2D eigenvalue weighted by molar-refractivity contribution is 9.10. The first kappa shape index (κ1) is 14.2. The molecule has 0 saturated carbocycles. The zero-order valence-corrected chi connectivity index (χ0v) is 11.8. The third kappa shape index (κ3) is 3.65. The van der Waals surface area contributed by atoms with Crippen LogP contribution in [0.1, 0.15) is 5.56 Å². The third-order valence-corrected chi connectivity index (χ3v) is 3.77. The van der Waals surface area contributed by atoms with Crippen molar-refractivity contribution < 1.29 is 14.3 Å². The molecule has 0 spiro atoms. The van der Waals surface area contributed by atoms with Crippen molar-refractivity contribution >= 4 is 21.8 Å². The Morgan fingerprint density at radius 3 is 3.16 bits per heavy atom. The molecule has 1 aliphatic heterocycles. The minimum atomic E-state index is -0.425. The maximum Gasteiger partial charge on any atom is 0.169 e. The summed E-state index contributed by atoms with van der Waals surface area (Å²) in [6, 6.07) is 4.59. The van der Waals surface area contributed by atoms with Gasteiger partial charge in [-0.25, -0.2) is 4.39 Å². The average molecular weight is 332 g/mol. The van der Waals surface area contributed by atoms with Crippen LogP contribution in [0.15, 0.2) is 27.8 Å². The van der Waals surface area contributed by atoms with Gasteiger partial charge < -0.3 is 15.7 Å². The Morgan fingerprint density at radius 2 is 2.42 bits per heavy atom. The van der Waals surface area contributed by atoms with Gasteiger partial charge in [0, 0.05) is 24.1 Å². The Labute approximate surface area is 119 Å². The van der Waals surface area contributed by atoms with E-state index in [1.807, 2.05) is 0 Å². The molecule has 0 aliphatic carbocycles. The van der Waals surface area contributed by atoms with Crippen molar-refractivity contribution in [1.82, 2.24) is 4.90 Å². The summed E-state index contributed by atoms with van der Waals surface area (Å²) in [6.45, 7) is 2.31. The molecular weight excluding hydrogens is 317 g/mol. The molecule has 104 valence electrons. The second kappa shape index (κ2) is 6.31. The highest BCUT2D eigenvalue weighted by Gasteiger charge is 2.24. The van der Waals surface area contributed by atoms with Crippen LogP contribution in [0.5, 0.6) is 0 Å². The van der Waals surface area contributed by atoms with E-state index in [0.29, 0.717) is 19.7 Å². The highest BCUT2D eigenvalue weighted by atomic mass is 79.9. The van der Waals surface area contributed by atoms with E-state index in [-0.39, 0.29) is 11.7 Å². The lowest BCUT2D eigenvalue weighted by molar-refractivity contribution is 0.00132. The number of nitrogens with zero attached hydrogens (tertiary/aromatic N) is 2. The van der Waals surface area contributed by atoms with Crippen LogP contribution in [0.2, 0.25) is 0 Å². The molecule has 7 heteroatoms. The van der Waals surface area contributed by atoms with Crippen LogP contribution < -0.4 is 5.73 Å². The number of hydrogen-bond acceptors (Lipinski definition) is 4. The lowest BCUT2D eigenvalue weighted by Gasteiger charge is -2.32. The molecule has 1 aliphatic rings. The average Bonchev–Trinajstić information content (AvgIpc) is 2.42. The maximum atomic E-state index is 13.2. The quantitative estimate of drug-likeness (QED) is 0.381. The fourth-order valence-electron chi connectivity index (χ4n) is 1.99. The van der Waals surface area contributed by atoms with E-state index in [2.05, 4.69) is 26.0 Å². The van der Waals surface area contributed by atoms with Gasteiger partial charge in [-0.15, -0.1) is 0 Å². The van der Waals surface area contributed by atoms with Gasteiger partial charge in [-0.05, 0) is 23.8 Å². The molecule has 1 fully saturated rings. The van der Waals surface area contributed by atoms with Gasteiger partial charge in [0.05, 0.1) is 6.61 Å². The molecule has 3 N–H and O–H groups in total. The molecule has 1 aromatic rings. The molecule has 0 bridgehead atoms. The van der Waals surface area contributed by atoms with Crippen molar-refractivity contribution in [3.8, 4) is 0 Å². The smallest absolute Gasteiger partial charge is 0.169 e. The zero-order valence-electron chi connectivity index (χ0n) is 10.2. The van der Waals surface area contributed by atoms with E-state index in [0.717, 1.165) is 16.6 Å². The van der Waals surface area contributed by atoms with Crippen molar-refractivity contribution in [1.29, 1.82) is 0 Å². The fourth-order valence-corrected chi connectivity index (χ4v) is 2.37. The maximum absolute atomic E-state index is 13.2. The van der Waals surface area contributed by atoms with Gasteiger partial charge in [0.15, 0.2) is 5.84 Å². The number of rotatable bonds is 3. The van der Waals surface area contributed by atoms with Crippen LogP contribution in [-0.2, 0) is 11.3 Å². The molecule has 1 saturated heterocycles. The second-order valence-corrected chi connectivity index (χ2v) is 5.21. The van der Waals surface area contributed by atoms with Gasteiger partial charge in [0.2, 0.25) is 0 Å². The van der Waals surface area contributed by atoms with Crippen LogP contribution in [0.4, 0.5) is 4.39 Å². The molecule has 19 heavy (non-hydrogen) atoms. The van der Waals surface area contributed by atoms with E-state index in [9.17, 15) is 4.39 Å². The van der Waals surface area contributed by atoms with Crippen molar-refractivity contribution in [2.75, 3.05) is 19.7 Å². The van der Waals surface area contributed by atoms with E-state index >= 15 is 0 Å². The van der Waals surface area contributed by atoms with Crippen LogP contribution in [0.3, 0.4) is 0 Å². The summed E-state index contributed by atoms with van der Waals surface area (Å²) in [4.78, 5) is 2.08. The lowest BCUT2D eigenvalue weighted by Crippen LogP contribution is -2.48. The summed E-state index contributed by atoms with van der Waals surface area (Å²) < 4.78 is 19.5. The van der Waals surface area contributed by atoms with E-state index < -0.39 is 6.10 Å². The number of amidine groups is 1. The number of nitrogens with two attached hydrogens (primary N) is 1. The molecule has 0 amide bonds. The Bertz CT molecular complexity index is 484. The van der Waals surface area contributed by atoms with Gasteiger partial charge in [-0.2, -0.15) is 0 Å². The van der Waals surface area contributed by atoms with Gasteiger partial charge >= 0.3 is 0 Å². The minimum absolute atomic E-state index is 0.0583. The normalized spacial score (nSPS) is 21.6. The van der Waals surface area contributed by atoms with E-state index in [1.54, 1.807) is 6.07 Å². The number of halogens is 2. The summed E-state index contributed by atoms with van der Waals surface area (Å²) in [7, 11) is 0. The van der Waals surface area contributed by atoms with Crippen LogP contribution >= 0.6 is 15.9 Å². The first-order chi connectivity index (χ1) is 9.10. The SMILES string of the molecule is NC(=NO)C1CN(Cc2cc(F)ccc2Br)CCO1. The monoisotopic (exact) mass is 331 g/mol. The molecule has 1 unspecified atom stereocenters. The number of ether oxygens (including phenoxy) is 1. The number of morpholine rings is 1. The predicted octanol–water partition coefficient (Wildman–Crippen LogP) is 1.54. The number of hydrogen-bond donors (Lipinski definition) is 2. The molecule has 1 aromatic carbocycles. The molecule has 1 heterocycles. The first-order valence-electron chi connectivity index (χ1n) is 5.85. The van der Waals surface area contributed by atoms with E-state index in [1.165, 1.54) is 12.1 Å². The van der Waals surface area contributed by atoms with Crippen LogP contribution in [0.25, 0.3) is 0 Å². The molecule has 1 atom stereocenters. The Balaban J connectivity index is 2.04. The van der Waals surface area contributed by atoms with Crippen LogP contribution in [-0.4, -0.2) is 41.7 Å². The third-order valence-electron chi connectivity index (χ3n) is 3.00. The molecular formula is C12H15BrFN3O2. The number of oxime groups is 1. The van der Waals surface area contributed by atoms with Crippen molar-refractivity contribution in [3.63, 3.8) is 0 Å². The highest BCUT2D eigenvalue weighted by Crippen LogP contribution is 2.20. The summed E-state index contributed by atoms with van der Waals surface area (Å²) in [5.41, 5.74) is 6.40. The largest absolute Gasteiger partial charge is 0.409 e.